The van der Waals surface area contributed by atoms with Gasteiger partial charge in [-0.3, -0.25) is 10.5 Å². The lowest BCUT2D eigenvalue weighted by Crippen LogP contribution is -2.70. The van der Waals surface area contributed by atoms with Crippen molar-refractivity contribution in [1.29, 1.82) is 0 Å². The van der Waals surface area contributed by atoms with Crippen LogP contribution in [0.15, 0.2) is 22.7 Å². The minimum absolute atomic E-state index is 0.364. The third-order valence-electron chi connectivity index (χ3n) is 4.15. The maximum atomic E-state index is 12.6. The van der Waals surface area contributed by atoms with Gasteiger partial charge >= 0.3 is 12.1 Å². The van der Waals surface area contributed by atoms with E-state index in [9.17, 15) is 22.8 Å². The van der Waals surface area contributed by atoms with Crippen LogP contribution in [0, 0.1) is 5.92 Å². The monoisotopic (exact) mass is 443 g/mol. The van der Waals surface area contributed by atoms with E-state index >= 15 is 0 Å². The first-order valence-electron chi connectivity index (χ1n) is 6.99. The van der Waals surface area contributed by atoms with Crippen LogP contribution in [0.3, 0.4) is 0 Å². The second kappa shape index (κ2) is 6.75. The molecule has 25 heavy (non-hydrogen) atoms. The number of nitrogens with zero attached hydrogens (tertiary/aromatic N) is 1. The molecule has 0 radical (unpaired) electrons. The molecular formula is C14H14BrClF3N3O3. The zero-order chi connectivity index (χ0) is 19.2. The fourth-order valence-corrected chi connectivity index (χ4v) is 3.04. The maximum Gasteiger partial charge on any atom is 0.492 e. The number of hydrogen-bond donors (Lipinski definition) is 2. The van der Waals surface area contributed by atoms with Gasteiger partial charge in [-0.2, -0.15) is 13.2 Å². The highest BCUT2D eigenvalue weighted by Gasteiger charge is 2.54. The second-order valence-electron chi connectivity index (χ2n) is 5.65. The van der Waals surface area contributed by atoms with E-state index in [0.717, 1.165) is 0 Å². The summed E-state index contributed by atoms with van der Waals surface area (Å²) in [4.78, 5) is 28.0. The van der Waals surface area contributed by atoms with Crippen molar-refractivity contribution in [3.05, 3.63) is 33.3 Å². The van der Waals surface area contributed by atoms with Gasteiger partial charge in [-0.15, -0.1) is 0 Å². The van der Waals surface area contributed by atoms with Crippen LogP contribution < -0.4 is 11.1 Å². The van der Waals surface area contributed by atoms with Gasteiger partial charge in [-0.1, -0.05) is 29.7 Å². The number of rotatable bonds is 2. The van der Waals surface area contributed by atoms with Gasteiger partial charge in [0, 0.05) is 4.47 Å². The molecule has 0 saturated carbocycles. The molecule has 3 unspecified atom stereocenters. The molecule has 1 aromatic carbocycles. The molecule has 1 saturated heterocycles. The van der Waals surface area contributed by atoms with Crippen LogP contribution in [0.25, 0.3) is 0 Å². The van der Waals surface area contributed by atoms with Gasteiger partial charge in [0.15, 0.2) is 6.29 Å². The Morgan fingerprint density at radius 2 is 2.08 bits per heavy atom. The molecule has 0 spiro atoms. The molecule has 0 aliphatic carbocycles. The molecule has 0 aromatic heterocycles. The Hall–Kier alpha value is -1.36. The zero-order valence-corrected chi connectivity index (χ0v) is 15.4. The Kier molecular flexibility index (Phi) is 5.39. The Balaban J connectivity index is 2.54. The SMILES string of the molecule is CC1C(=O)NC(N)N(OC(=O)C(F)(F)F)C1(C)c1ccc(Cl)c(Br)c1. The molecule has 1 aromatic rings. The van der Waals surface area contributed by atoms with Gasteiger partial charge in [0.05, 0.1) is 16.5 Å². The number of hydroxylamine groups is 2. The molecular weight excluding hydrogens is 431 g/mol. The number of hydrogen-bond acceptors (Lipinski definition) is 5. The van der Waals surface area contributed by atoms with E-state index in [0.29, 0.717) is 20.1 Å². The molecule has 0 bridgehead atoms. The molecule has 1 amide bonds. The molecule has 2 rings (SSSR count). The average Bonchev–Trinajstić information content (AvgIpc) is 2.51. The number of nitrogens with one attached hydrogen (secondary N) is 1. The number of amides is 1. The van der Waals surface area contributed by atoms with Gasteiger partial charge < -0.3 is 10.2 Å². The Bertz CT molecular complexity index is 718. The van der Waals surface area contributed by atoms with Crippen molar-refractivity contribution in [2.45, 2.75) is 31.9 Å². The van der Waals surface area contributed by atoms with Crippen LogP contribution in [0.2, 0.25) is 5.02 Å². The topological polar surface area (TPSA) is 84.7 Å². The maximum absolute atomic E-state index is 12.6. The summed E-state index contributed by atoms with van der Waals surface area (Å²) in [6.07, 6.45) is -6.68. The summed E-state index contributed by atoms with van der Waals surface area (Å²) in [5.41, 5.74) is 4.64. The molecule has 1 aliphatic rings. The Morgan fingerprint density at radius 1 is 1.48 bits per heavy atom. The van der Waals surface area contributed by atoms with Crippen molar-refractivity contribution in [2.75, 3.05) is 0 Å². The number of alkyl halides is 3. The van der Waals surface area contributed by atoms with Crippen molar-refractivity contribution in [1.82, 2.24) is 10.4 Å². The standard InChI is InChI=1S/C14H14BrClF3N3O3/c1-6-10(23)21-12(20)22(25-11(24)14(17,18)19)13(6,2)7-3-4-9(16)8(15)5-7/h3-6,12H,20H2,1-2H3,(H,21,23). The average molecular weight is 445 g/mol. The minimum Gasteiger partial charge on any atom is -0.356 e. The first kappa shape index (κ1) is 20.0. The minimum atomic E-state index is -5.22. The summed E-state index contributed by atoms with van der Waals surface area (Å²) in [6.45, 7) is 2.94. The van der Waals surface area contributed by atoms with Crippen molar-refractivity contribution >= 4 is 39.4 Å². The van der Waals surface area contributed by atoms with E-state index in [1.54, 1.807) is 0 Å². The van der Waals surface area contributed by atoms with Gasteiger partial charge in [0.1, 0.15) is 0 Å². The predicted molar refractivity (Wildman–Crippen MR) is 85.8 cm³/mol. The van der Waals surface area contributed by atoms with E-state index in [2.05, 4.69) is 26.1 Å². The predicted octanol–water partition coefficient (Wildman–Crippen LogP) is 2.65. The van der Waals surface area contributed by atoms with E-state index in [4.69, 9.17) is 17.3 Å². The number of nitrogens with two attached hydrogens (primary N) is 1. The van der Waals surface area contributed by atoms with Crippen LogP contribution in [0.1, 0.15) is 19.4 Å². The van der Waals surface area contributed by atoms with Crippen LogP contribution in [-0.4, -0.2) is 29.4 Å². The fraction of sp³-hybridized carbons (Fsp3) is 0.429. The molecule has 6 nitrogen and oxygen atoms in total. The Labute approximate surface area is 154 Å². The van der Waals surface area contributed by atoms with E-state index in [1.807, 2.05) is 0 Å². The lowest BCUT2D eigenvalue weighted by molar-refractivity contribution is -0.286. The van der Waals surface area contributed by atoms with E-state index in [1.165, 1.54) is 32.0 Å². The second-order valence-corrected chi connectivity index (χ2v) is 6.92. The van der Waals surface area contributed by atoms with Gasteiger partial charge in [-0.05, 0) is 40.5 Å². The summed E-state index contributed by atoms with van der Waals surface area (Å²) in [5, 5.41) is 3.28. The number of carbonyl (C=O) groups is 2. The molecule has 11 heteroatoms. The quantitative estimate of drug-likeness (QED) is 0.733. The molecule has 1 fully saturated rings. The highest BCUT2D eigenvalue weighted by atomic mass is 79.9. The summed E-state index contributed by atoms with van der Waals surface area (Å²) in [7, 11) is 0. The normalized spacial score (nSPS) is 27.8. The third-order valence-corrected chi connectivity index (χ3v) is 5.37. The molecule has 1 heterocycles. The van der Waals surface area contributed by atoms with E-state index in [-0.39, 0.29) is 0 Å². The van der Waals surface area contributed by atoms with Gasteiger partial charge in [-0.25, -0.2) is 4.79 Å². The first-order chi connectivity index (χ1) is 11.4. The highest BCUT2D eigenvalue weighted by molar-refractivity contribution is 9.10. The number of carbonyl (C=O) groups excluding carboxylic acids is 2. The fourth-order valence-electron chi connectivity index (χ4n) is 2.55. The smallest absolute Gasteiger partial charge is 0.356 e. The van der Waals surface area contributed by atoms with E-state index < -0.39 is 35.8 Å². The molecule has 3 N–H and O–H groups in total. The third kappa shape index (κ3) is 3.62. The zero-order valence-electron chi connectivity index (χ0n) is 13.0. The highest BCUT2D eigenvalue weighted by Crippen LogP contribution is 2.41. The summed E-state index contributed by atoms with van der Waals surface area (Å²) >= 11 is 9.16. The van der Waals surface area contributed by atoms with Gasteiger partial charge in [0.25, 0.3) is 0 Å². The largest absolute Gasteiger partial charge is 0.492 e. The molecule has 138 valence electrons. The van der Waals surface area contributed by atoms with Crippen molar-refractivity contribution in [3.63, 3.8) is 0 Å². The van der Waals surface area contributed by atoms with Crippen LogP contribution in [0.4, 0.5) is 13.2 Å². The van der Waals surface area contributed by atoms with Crippen molar-refractivity contribution < 1.29 is 27.6 Å². The number of halogens is 5. The van der Waals surface area contributed by atoms with Crippen molar-refractivity contribution in [3.8, 4) is 0 Å². The van der Waals surface area contributed by atoms with Crippen LogP contribution >= 0.6 is 27.5 Å². The number of benzene rings is 1. The van der Waals surface area contributed by atoms with Gasteiger partial charge in [0.2, 0.25) is 5.91 Å². The molecule has 3 atom stereocenters. The summed E-state index contributed by atoms with van der Waals surface area (Å²) < 4.78 is 38.3. The van der Waals surface area contributed by atoms with Crippen LogP contribution in [0.5, 0.6) is 0 Å². The first-order valence-corrected chi connectivity index (χ1v) is 8.16. The van der Waals surface area contributed by atoms with Crippen LogP contribution in [-0.2, 0) is 20.0 Å². The lowest BCUT2D eigenvalue weighted by atomic mass is 9.78. The summed E-state index contributed by atoms with van der Waals surface area (Å²) in [6, 6.07) is 4.54. The van der Waals surface area contributed by atoms with Crippen molar-refractivity contribution in [2.24, 2.45) is 11.7 Å². The Morgan fingerprint density at radius 3 is 2.60 bits per heavy atom. The summed E-state index contributed by atoms with van der Waals surface area (Å²) in [5.74, 6) is -3.83. The lowest BCUT2D eigenvalue weighted by Gasteiger charge is -2.49. The molecule has 1 aliphatic heterocycles.